The number of halogens is 1. The van der Waals surface area contributed by atoms with Gasteiger partial charge in [-0.1, -0.05) is 18.2 Å². The van der Waals surface area contributed by atoms with Crippen LogP contribution in [0.1, 0.15) is 11.6 Å². The molecular formula is C11H13ClN2. The number of aryl methyl sites for hydroxylation is 1. The van der Waals surface area contributed by atoms with E-state index < -0.39 is 0 Å². The lowest BCUT2D eigenvalue weighted by molar-refractivity contribution is 0.822. The van der Waals surface area contributed by atoms with Crippen LogP contribution in [0.3, 0.4) is 0 Å². The van der Waals surface area contributed by atoms with Crippen molar-refractivity contribution < 1.29 is 0 Å². The Morgan fingerprint density at radius 1 is 1.43 bits per heavy atom. The second-order valence-electron chi connectivity index (χ2n) is 3.47. The number of hydrogen-bond donors (Lipinski definition) is 1. The fourth-order valence-corrected chi connectivity index (χ4v) is 1.92. The molecule has 1 aromatic heterocycles. The molecule has 2 N–H and O–H groups in total. The SMILES string of the molecule is Cn1cc(C(N)CCl)c2ccccc21. The monoisotopic (exact) mass is 208 g/mol. The molecule has 0 amide bonds. The summed E-state index contributed by atoms with van der Waals surface area (Å²) in [6.07, 6.45) is 2.05. The van der Waals surface area contributed by atoms with Gasteiger partial charge in [0.05, 0.1) is 0 Å². The Morgan fingerprint density at radius 3 is 2.86 bits per heavy atom. The topological polar surface area (TPSA) is 30.9 Å². The average Bonchev–Trinajstić information content (AvgIpc) is 2.56. The van der Waals surface area contributed by atoms with Crippen molar-refractivity contribution in [3.8, 4) is 0 Å². The molecule has 0 radical (unpaired) electrons. The van der Waals surface area contributed by atoms with Gasteiger partial charge in [0.25, 0.3) is 0 Å². The lowest BCUT2D eigenvalue weighted by atomic mass is 10.1. The first kappa shape index (κ1) is 9.56. The zero-order valence-corrected chi connectivity index (χ0v) is 8.83. The second-order valence-corrected chi connectivity index (χ2v) is 3.78. The number of hydrogen-bond acceptors (Lipinski definition) is 1. The van der Waals surface area contributed by atoms with Crippen LogP contribution in [0, 0.1) is 0 Å². The third-order valence-corrected chi connectivity index (χ3v) is 2.83. The summed E-state index contributed by atoms with van der Waals surface area (Å²) in [7, 11) is 2.02. The summed E-state index contributed by atoms with van der Waals surface area (Å²) in [4.78, 5) is 0. The van der Waals surface area contributed by atoms with E-state index in [1.807, 2.05) is 19.2 Å². The van der Waals surface area contributed by atoms with Crippen LogP contribution in [0.4, 0.5) is 0 Å². The van der Waals surface area contributed by atoms with E-state index in [-0.39, 0.29) is 6.04 Å². The molecule has 74 valence electrons. The van der Waals surface area contributed by atoms with Crippen molar-refractivity contribution >= 4 is 22.5 Å². The van der Waals surface area contributed by atoms with Crippen LogP contribution in [0.5, 0.6) is 0 Å². The molecule has 0 aliphatic carbocycles. The van der Waals surface area contributed by atoms with Gasteiger partial charge in [0, 0.05) is 36.1 Å². The highest BCUT2D eigenvalue weighted by atomic mass is 35.5. The third kappa shape index (κ3) is 1.41. The molecule has 14 heavy (non-hydrogen) atoms. The highest BCUT2D eigenvalue weighted by Crippen LogP contribution is 2.24. The normalized spacial score (nSPS) is 13.4. The summed E-state index contributed by atoms with van der Waals surface area (Å²) in [6.45, 7) is 0. The molecule has 0 bridgehead atoms. The second kappa shape index (κ2) is 3.64. The number of aromatic nitrogens is 1. The standard InChI is InChI=1S/C11H13ClN2/c1-14-7-9(10(13)6-12)8-4-2-3-5-11(8)14/h2-5,7,10H,6,13H2,1H3. The minimum atomic E-state index is -0.0808. The van der Waals surface area contributed by atoms with E-state index in [1.165, 1.54) is 10.9 Å². The molecule has 0 spiro atoms. The van der Waals surface area contributed by atoms with Gasteiger partial charge in [-0.2, -0.15) is 0 Å². The first-order chi connectivity index (χ1) is 6.74. The van der Waals surface area contributed by atoms with Gasteiger partial charge in [-0.15, -0.1) is 11.6 Å². The van der Waals surface area contributed by atoms with Crippen molar-refractivity contribution in [2.45, 2.75) is 6.04 Å². The first-order valence-electron chi connectivity index (χ1n) is 4.59. The van der Waals surface area contributed by atoms with Gasteiger partial charge >= 0.3 is 0 Å². The number of rotatable bonds is 2. The van der Waals surface area contributed by atoms with Crippen molar-refractivity contribution in [1.82, 2.24) is 4.57 Å². The van der Waals surface area contributed by atoms with Crippen LogP contribution in [-0.4, -0.2) is 10.4 Å². The summed E-state index contributed by atoms with van der Waals surface area (Å²) in [5.74, 6) is 0.452. The van der Waals surface area contributed by atoms with Crippen LogP contribution < -0.4 is 5.73 Å². The number of para-hydroxylation sites is 1. The molecule has 0 fully saturated rings. The van der Waals surface area contributed by atoms with E-state index in [2.05, 4.69) is 22.9 Å². The molecular weight excluding hydrogens is 196 g/mol. The number of nitrogens with two attached hydrogens (primary N) is 1. The largest absolute Gasteiger partial charge is 0.350 e. The maximum absolute atomic E-state index is 5.93. The van der Waals surface area contributed by atoms with Gasteiger partial charge in [0.15, 0.2) is 0 Å². The van der Waals surface area contributed by atoms with E-state index >= 15 is 0 Å². The lowest BCUT2D eigenvalue weighted by Gasteiger charge is -2.04. The van der Waals surface area contributed by atoms with Gasteiger partial charge in [-0.05, 0) is 11.6 Å². The van der Waals surface area contributed by atoms with E-state index in [4.69, 9.17) is 17.3 Å². The Labute approximate surface area is 88.3 Å². The number of benzene rings is 1. The van der Waals surface area contributed by atoms with Crippen LogP contribution in [0.2, 0.25) is 0 Å². The predicted molar refractivity (Wildman–Crippen MR) is 60.6 cm³/mol. The minimum Gasteiger partial charge on any atom is -0.350 e. The maximum atomic E-state index is 5.93. The van der Waals surface area contributed by atoms with Crippen LogP contribution in [0.15, 0.2) is 30.5 Å². The van der Waals surface area contributed by atoms with E-state index in [9.17, 15) is 0 Å². The molecule has 0 saturated heterocycles. The first-order valence-corrected chi connectivity index (χ1v) is 5.13. The van der Waals surface area contributed by atoms with Crippen molar-refractivity contribution in [2.24, 2.45) is 12.8 Å². The fourth-order valence-electron chi connectivity index (χ4n) is 1.75. The smallest absolute Gasteiger partial charge is 0.0481 e. The van der Waals surface area contributed by atoms with Gasteiger partial charge < -0.3 is 10.3 Å². The minimum absolute atomic E-state index is 0.0808. The highest BCUT2D eigenvalue weighted by molar-refractivity contribution is 6.18. The molecule has 1 heterocycles. The molecule has 1 atom stereocenters. The van der Waals surface area contributed by atoms with Gasteiger partial charge in [-0.3, -0.25) is 0 Å². The molecule has 3 heteroatoms. The molecule has 2 nitrogen and oxygen atoms in total. The molecule has 0 aliphatic rings. The molecule has 1 unspecified atom stereocenters. The predicted octanol–water partition coefficient (Wildman–Crippen LogP) is 2.42. The fraction of sp³-hybridized carbons (Fsp3) is 0.273. The number of fused-ring (bicyclic) bond motifs is 1. The molecule has 0 aliphatic heterocycles. The van der Waals surface area contributed by atoms with Crippen LogP contribution in [0.25, 0.3) is 10.9 Å². The Hall–Kier alpha value is -0.990. The summed E-state index contributed by atoms with van der Waals surface area (Å²) < 4.78 is 2.08. The van der Waals surface area contributed by atoms with Crippen LogP contribution in [-0.2, 0) is 7.05 Å². The summed E-state index contributed by atoms with van der Waals surface area (Å²) in [6, 6.07) is 8.13. The zero-order chi connectivity index (χ0) is 10.1. The number of alkyl halides is 1. The maximum Gasteiger partial charge on any atom is 0.0481 e. The van der Waals surface area contributed by atoms with Gasteiger partial charge in [-0.25, -0.2) is 0 Å². The van der Waals surface area contributed by atoms with Gasteiger partial charge in [0.2, 0.25) is 0 Å². The molecule has 2 rings (SSSR count). The summed E-state index contributed by atoms with van der Waals surface area (Å²) >= 11 is 5.76. The molecule has 0 saturated carbocycles. The van der Waals surface area contributed by atoms with Crippen molar-refractivity contribution in [3.63, 3.8) is 0 Å². The van der Waals surface area contributed by atoms with Gasteiger partial charge in [0.1, 0.15) is 0 Å². The molecule has 1 aromatic carbocycles. The van der Waals surface area contributed by atoms with Crippen molar-refractivity contribution in [3.05, 3.63) is 36.0 Å². The van der Waals surface area contributed by atoms with Crippen molar-refractivity contribution in [2.75, 3.05) is 5.88 Å². The zero-order valence-electron chi connectivity index (χ0n) is 8.07. The van der Waals surface area contributed by atoms with E-state index in [0.29, 0.717) is 5.88 Å². The highest BCUT2D eigenvalue weighted by Gasteiger charge is 2.11. The quantitative estimate of drug-likeness (QED) is 0.756. The molecule has 2 aromatic rings. The van der Waals surface area contributed by atoms with E-state index in [0.717, 1.165) is 5.56 Å². The average molecular weight is 209 g/mol. The Kier molecular flexibility index (Phi) is 2.48. The Balaban J connectivity index is 2.66. The van der Waals surface area contributed by atoms with Crippen LogP contribution >= 0.6 is 11.6 Å². The Morgan fingerprint density at radius 2 is 2.14 bits per heavy atom. The number of nitrogens with zero attached hydrogens (tertiary/aromatic N) is 1. The summed E-state index contributed by atoms with van der Waals surface area (Å²) in [5.41, 5.74) is 8.25. The van der Waals surface area contributed by atoms with Crippen molar-refractivity contribution in [1.29, 1.82) is 0 Å². The third-order valence-electron chi connectivity index (χ3n) is 2.49. The Bertz CT molecular complexity index is 447. The summed E-state index contributed by atoms with van der Waals surface area (Å²) in [5, 5.41) is 1.20. The lowest BCUT2D eigenvalue weighted by Crippen LogP contribution is -2.10. The van der Waals surface area contributed by atoms with E-state index in [1.54, 1.807) is 0 Å².